The number of esters is 2. The third-order valence-corrected chi connectivity index (χ3v) is 8.18. The van der Waals surface area contributed by atoms with Crippen molar-refractivity contribution in [3.63, 3.8) is 0 Å². The molecule has 1 fully saturated rings. The summed E-state index contributed by atoms with van der Waals surface area (Å²) in [6.45, 7) is 12.6. The molecule has 2 aromatic rings. The SMILES string of the molecule is CCCN(CCC)c1ccc(C(=O)OC[C@H]2[C@H](COC(=O)c3ccc(N(CCC)CCC)cc3)C2(Cl)Cl)cc1. The lowest BCUT2D eigenvalue weighted by molar-refractivity contribution is 0.0419. The van der Waals surface area contributed by atoms with Crippen LogP contribution in [0.25, 0.3) is 0 Å². The maximum absolute atomic E-state index is 12.6. The van der Waals surface area contributed by atoms with Crippen molar-refractivity contribution >= 4 is 46.5 Å². The highest BCUT2D eigenvalue weighted by molar-refractivity contribution is 6.51. The van der Waals surface area contributed by atoms with Crippen LogP contribution in [-0.2, 0) is 9.47 Å². The second-order valence-electron chi connectivity index (χ2n) is 10.2. The van der Waals surface area contributed by atoms with Crippen molar-refractivity contribution in [2.75, 3.05) is 49.2 Å². The standard InChI is InChI=1S/C31H42Cl2N2O4/c1-5-17-34(18-6-2)25-13-9-23(10-14-25)29(36)38-21-27-28(31(27,32)33)22-39-30(37)24-11-15-26(16-12-24)35(19-7-3)20-8-4/h9-16,27-28H,5-8,17-22H2,1-4H3/t27-,28-/m0/s1. The second-order valence-corrected chi connectivity index (χ2v) is 11.6. The van der Waals surface area contributed by atoms with Crippen molar-refractivity contribution in [3.8, 4) is 0 Å². The van der Waals surface area contributed by atoms with E-state index in [4.69, 9.17) is 32.7 Å². The van der Waals surface area contributed by atoms with Crippen molar-refractivity contribution in [3.05, 3.63) is 59.7 Å². The van der Waals surface area contributed by atoms with Gasteiger partial charge in [-0.05, 0) is 74.2 Å². The molecule has 0 spiro atoms. The van der Waals surface area contributed by atoms with E-state index in [0.29, 0.717) is 11.1 Å². The lowest BCUT2D eigenvalue weighted by atomic mass is 10.2. The number of nitrogens with zero attached hydrogens (tertiary/aromatic N) is 2. The molecule has 3 rings (SSSR count). The van der Waals surface area contributed by atoms with Crippen LogP contribution in [-0.4, -0.2) is 55.7 Å². The van der Waals surface area contributed by atoms with E-state index in [-0.39, 0.29) is 25.0 Å². The normalized spacial score (nSPS) is 17.4. The molecule has 0 aromatic heterocycles. The minimum Gasteiger partial charge on any atom is -0.462 e. The smallest absolute Gasteiger partial charge is 0.338 e. The van der Waals surface area contributed by atoms with Crippen LogP contribution in [0.15, 0.2) is 48.5 Å². The number of hydrogen-bond donors (Lipinski definition) is 0. The molecule has 0 saturated heterocycles. The molecule has 8 heteroatoms. The van der Waals surface area contributed by atoms with Crippen LogP contribution in [0.4, 0.5) is 11.4 Å². The fourth-order valence-electron chi connectivity index (χ4n) is 4.85. The van der Waals surface area contributed by atoms with E-state index in [9.17, 15) is 9.59 Å². The number of alkyl halides is 2. The zero-order valence-electron chi connectivity index (χ0n) is 23.6. The monoisotopic (exact) mass is 576 g/mol. The van der Waals surface area contributed by atoms with Gasteiger partial charge in [0.2, 0.25) is 0 Å². The first kappa shape index (κ1) is 31.1. The first-order valence-corrected chi connectivity index (χ1v) is 14.9. The molecule has 1 aliphatic rings. The molecule has 214 valence electrons. The first-order valence-electron chi connectivity index (χ1n) is 14.2. The van der Waals surface area contributed by atoms with Crippen LogP contribution >= 0.6 is 23.2 Å². The molecule has 1 saturated carbocycles. The first-order chi connectivity index (χ1) is 18.8. The van der Waals surface area contributed by atoms with Crippen molar-refractivity contribution < 1.29 is 19.1 Å². The van der Waals surface area contributed by atoms with E-state index < -0.39 is 16.3 Å². The second kappa shape index (κ2) is 14.8. The third-order valence-electron chi connectivity index (χ3n) is 7.06. The lowest BCUT2D eigenvalue weighted by Crippen LogP contribution is -2.24. The maximum Gasteiger partial charge on any atom is 0.338 e. The molecule has 39 heavy (non-hydrogen) atoms. The Morgan fingerprint density at radius 3 is 1.23 bits per heavy atom. The van der Waals surface area contributed by atoms with E-state index in [0.717, 1.165) is 63.2 Å². The fourth-order valence-corrected chi connectivity index (χ4v) is 5.58. The molecule has 0 radical (unpaired) electrons. The van der Waals surface area contributed by atoms with E-state index in [1.54, 1.807) is 24.3 Å². The molecule has 0 amide bonds. The topological polar surface area (TPSA) is 59.1 Å². The van der Waals surface area contributed by atoms with Crippen LogP contribution in [0.5, 0.6) is 0 Å². The summed E-state index contributed by atoms with van der Waals surface area (Å²) < 4.78 is 9.93. The van der Waals surface area contributed by atoms with E-state index in [1.807, 2.05) is 24.3 Å². The Labute approximate surface area is 243 Å². The molecule has 6 nitrogen and oxygen atoms in total. The van der Waals surface area contributed by atoms with Gasteiger partial charge in [0.15, 0.2) is 0 Å². The van der Waals surface area contributed by atoms with E-state index in [2.05, 4.69) is 37.5 Å². The van der Waals surface area contributed by atoms with Gasteiger partial charge in [-0.3, -0.25) is 0 Å². The van der Waals surface area contributed by atoms with Crippen LogP contribution in [0.3, 0.4) is 0 Å². The summed E-state index contributed by atoms with van der Waals surface area (Å²) in [5, 5.41) is 0. The minimum atomic E-state index is -1.10. The molecule has 0 unspecified atom stereocenters. The lowest BCUT2D eigenvalue weighted by Gasteiger charge is -2.23. The van der Waals surface area contributed by atoms with Crippen molar-refractivity contribution in [2.45, 2.75) is 57.7 Å². The summed E-state index contributed by atoms with van der Waals surface area (Å²) in [7, 11) is 0. The Hall–Kier alpha value is -2.44. The molecule has 0 heterocycles. The quantitative estimate of drug-likeness (QED) is 0.153. The number of rotatable bonds is 16. The summed E-state index contributed by atoms with van der Waals surface area (Å²) in [5.41, 5.74) is 3.14. The number of halogens is 2. The number of benzene rings is 2. The van der Waals surface area contributed by atoms with Gasteiger partial charge in [-0.1, -0.05) is 27.7 Å². The molecule has 0 N–H and O–H groups in total. The fraction of sp³-hybridized carbons (Fsp3) is 0.548. The summed E-state index contributed by atoms with van der Waals surface area (Å²) in [4.78, 5) is 29.9. The van der Waals surface area contributed by atoms with Gasteiger partial charge in [-0.15, -0.1) is 23.2 Å². The average molecular weight is 578 g/mol. The summed E-state index contributed by atoms with van der Waals surface area (Å²) in [5.74, 6) is -1.46. The van der Waals surface area contributed by atoms with Crippen LogP contribution in [0, 0.1) is 11.8 Å². The maximum atomic E-state index is 12.6. The molecule has 2 aromatic carbocycles. The number of ether oxygens (including phenoxy) is 2. The predicted molar refractivity (Wildman–Crippen MR) is 160 cm³/mol. The van der Waals surface area contributed by atoms with Crippen LogP contribution in [0.2, 0.25) is 0 Å². The molecule has 0 bridgehead atoms. The van der Waals surface area contributed by atoms with Gasteiger partial charge in [0.25, 0.3) is 0 Å². The largest absolute Gasteiger partial charge is 0.462 e. The van der Waals surface area contributed by atoms with Crippen LogP contribution in [0.1, 0.15) is 74.1 Å². The Morgan fingerprint density at radius 1 is 0.641 bits per heavy atom. The zero-order valence-corrected chi connectivity index (χ0v) is 25.1. The number of carbonyl (C=O) groups excluding carboxylic acids is 2. The van der Waals surface area contributed by atoms with Crippen molar-refractivity contribution in [1.29, 1.82) is 0 Å². The predicted octanol–water partition coefficient (Wildman–Crippen LogP) is 7.37. The Balaban J connectivity index is 1.48. The molecular formula is C31H42Cl2N2O4. The van der Waals surface area contributed by atoms with Gasteiger partial charge in [-0.2, -0.15) is 0 Å². The van der Waals surface area contributed by atoms with E-state index >= 15 is 0 Å². The summed E-state index contributed by atoms with van der Waals surface area (Å²) >= 11 is 12.9. The Morgan fingerprint density at radius 2 is 0.949 bits per heavy atom. The Kier molecular flexibility index (Phi) is 11.8. The highest BCUT2D eigenvalue weighted by atomic mass is 35.5. The van der Waals surface area contributed by atoms with E-state index in [1.165, 1.54) is 0 Å². The average Bonchev–Trinajstić information content (AvgIpc) is 3.48. The zero-order chi connectivity index (χ0) is 28.4. The van der Waals surface area contributed by atoms with Gasteiger partial charge in [-0.25, -0.2) is 9.59 Å². The van der Waals surface area contributed by atoms with Crippen LogP contribution < -0.4 is 9.80 Å². The van der Waals surface area contributed by atoms with Gasteiger partial charge in [0, 0.05) is 49.4 Å². The number of carbonyl (C=O) groups is 2. The molecular weight excluding hydrogens is 535 g/mol. The van der Waals surface area contributed by atoms with Gasteiger partial charge >= 0.3 is 11.9 Å². The highest BCUT2D eigenvalue weighted by Gasteiger charge is 2.64. The van der Waals surface area contributed by atoms with Crippen molar-refractivity contribution in [2.24, 2.45) is 11.8 Å². The summed E-state index contributed by atoms with van der Waals surface area (Å²) in [6.07, 6.45) is 4.24. The third kappa shape index (κ3) is 8.28. The summed E-state index contributed by atoms with van der Waals surface area (Å²) in [6, 6.07) is 14.9. The number of anilines is 2. The molecule has 0 aliphatic heterocycles. The van der Waals surface area contributed by atoms with Gasteiger partial charge < -0.3 is 19.3 Å². The van der Waals surface area contributed by atoms with Gasteiger partial charge in [0.1, 0.15) is 4.33 Å². The van der Waals surface area contributed by atoms with Gasteiger partial charge in [0.05, 0.1) is 24.3 Å². The Bertz CT molecular complexity index is 964. The molecule has 2 atom stereocenters. The number of hydrogen-bond acceptors (Lipinski definition) is 6. The van der Waals surface area contributed by atoms with Crippen molar-refractivity contribution in [1.82, 2.24) is 0 Å². The minimum absolute atomic E-state index is 0.0625. The molecule has 1 aliphatic carbocycles. The highest BCUT2D eigenvalue weighted by Crippen LogP contribution is 2.59.